The molecular formula is C28H44O. The van der Waals surface area contributed by atoms with Crippen molar-refractivity contribution in [3.63, 3.8) is 0 Å². The molecule has 0 aromatic rings. The Kier molecular flexibility index (Phi) is 5.69. The molecule has 7 atom stereocenters. The van der Waals surface area contributed by atoms with Crippen LogP contribution >= 0.6 is 0 Å². The second-order valence-corrected chi connectivity index (χ2v) is 11.5. The molecule has 1 heteroatoms. The number of rotatable bonds is 3. The normalized spacial score (nSPS) is 42.6. The number of aliphatic hydroxyl groups excluding tert-OH is 1. The van der Waals surface area contributed by atoms with Crippen molar-refractivity contribution in [1.82, 2.24) is 0 Å². The second-order valence-electron chi connectivity index (χ2n) is 11.5. The number of allylic oxidation sites excluding steroid dienone is 5. The lowest BCUT2D eigenvalue weighted by Gasteiger charge is -2.59. The van der Waals surface area contributed by atoms with E-state index in [2.05, 4.69) is 53.7 Å². The summed E-state index contributed by atoms with van der Waals surface area (Å²) in [5, 5.41) is 10.2. The van der Waals surface area contributed by atoms with Crippen LogP contribution in [0.4, 0.5) is 0 Å². The van der Waals surface area contributed by atoms with Crippen molar-refractivity contribution in [2.24, 2.45) is 34.5 Å². The molecule has 0 saturated heterocycles. The van der Waals surface area contributed by atoms with Gasteiger partial charge < -0.3 is 5.11 Å². The molecule has 29 heavy (non-hydrogen) atoms. The highest BCUT2D eigenvalue weighted by Gasteiger charge is 2.55. The summed E-state index contributed by atoms with van der Waals surface area (Å²) >= 11 is 0. The first-order valence-electron chi connectivity index (χ1n) is 12.5. The first kappa shape index (κ1) is 21.4. The SMILES string of the molecule is CCC(=C(C)C)C(C)C1CCC=C2C3CC=C4CC(O)CCC4(C)C3CCC21C. The monoisotopic (exact) mass is 396 g/mol. The van der Waals surface area contributed by atoms with Crippen molar-refractivity contribution < 1.29 is 5.11 Å². The van der Waals surface area contributed by atoms with E-state index in [-0.39, 0.29) is 6.10 Å². The van der Waals surface area contributed by atoms with Crippen LogP contribution < -0.4 is 0 Å². The summed E-state index contributed by atoms with van der Waals surface area (Å²) in [6.07, 6.45) is 16.0. The molecular weight excluding hydrogens is 352 g/mol. The van der Waals surface area contributed by atoms with Crippen LogP contribution in [0.5, 0.6) is 0 Å². The lowest BCUT2D eigenvalue weighted by Crippen LogP contribution is -2.50. The van der Waals surface area contributed by atoms with Crippen LogP contribution in [-0.4, -0.2) is 11.2 Å². The third-order valence-corrected chi connectivity index (χ3v) is 9.98. The zero-order chi connectivity index (χ0) is 21.0. The molecule has 0 aromatic heterocycles. The molecule has 1 nitrogen and oxygen atoms in total. The van der Waals surface area contributed by atoms with Crippen LogP contribution in [0.25, 0.3) is 0 Å². The molecule has 0 bridgehead atoms. The molecule has 0 spiro atoms. The molecule has 4 aliphatic carbocycles. The van der Waals surface area contributed by atoms with Crippen molar-refractivity contribution in [3.05, 3.63) is 34.4 Å². The molecule has 2 fully saturated rings. The van der Waals surface area contributed by atoms with Gasteiger partial charge >= 0.3 is 0 Å². The molecule has 4 aliphatic rings. The lowest BCUT2D eigenvalue weighted by atomic mass is 9.45. The van der Waals surface area contributed by atoms with Gasteiger partial charge in [0.1, 0.15) is 0 Å². The van der Waals surface area contributed by atoms with Crippen LogP contribution in [0.3, 0.4) is 0 Å². The highest BCUT2D eigenvalue weighted by Crippen LogP contribution is 2.64. The zero-order valence-electron chi connectivity index (χ0n) is 19.9. The molecule has 162 valence electrons. The van der Waals surface area contributed by atoms with Gasteiger partial charge in [-0.15, -0.1) is 0 Å². The average molecular weight is 397 g/mol. The van der Waals surface area contributed by atoms with Gasteiger partial charge in [0.15, 0.2) is 0 Å². The lowest BCUT2D eigenvalue weighted by molar-refractivity contribution is 0.00544. The van der Waals surface area contributed by atoms with Gasteiger partial charge in [0.2, 0.25) is 0 Å². The Balaban J connectivity index is 1.67. The minimum atomic E-state index is -0.101. The predicted octanol–water partition coefficient (Wildman–Crippen LogP) is 7.62. The highest BCUT2D eigenvalue weighted by atomic mass is 16.3. The summed E-state index contributed by atoms with van der Waals surface area (Å²) in [4.78, 5) is 0. The third kappa shape index (κ3) is 3.31. The molecule has 2 saturated carbocycles. The number of hydrogen-bond acceptors (Lipinski definition) is 1. The van der Waals surface area contributed by atoms with Crippen molar-refractivity contribution in [1.29, 1.82) is 0 Å². The maximum Gasteiger partial charge on any atom is 0.0577 e. The van der Waals surface area contributed by atoms with E-state index in [0.29, 0.717) is 16.7 Å². The predicted molar refractivity (Wildman–Crippen MR) is 124 cm³/mol. The summed E-state index contributed by atoms with van der Waals surface area (Å²) in [6, 6.07) is 0. The van der Waals surface area contributed by atoms with Gasteiger partial charge in [-0.3, -0.25) is 0 Å². The van der Waals surface area contributed by atoms with Gasteiger partial charge in [-0.1, -0.05) is 62.1 Å². The standard InChI is InChI=1S/C28H44O/c1-7-22(18(2)3)19(4)24-9-8-10-25-23-12-11-20-17-21(29)13-15-27(20,5)26(23)14-16-28(24,25)6/h10-11,19,21,23-24,26,29H,7-9,12-17H2,1-6H3. The topological polar surface area (TPSA) is 20.2 Å². The largest absolute Gasteiger partial charge is 0.393 e. The molecule has 4 rings (SSSR count). The number of hydrogen-bond donors (Lipinski definition) is 1. The van der Waals surface area contributed by atoms with E-state index >= 15 is 0 Å². The van der Waals surface area contributed by atoms with Gasteiger partial charge in [-0.05, 0) is 106 Å². The first-order valence-corrected chi connectivity index (χ1v) is 12.5. The van der Waals surface area contributed by atoms with Gasteiger partial charge in [0.25, 0.3) is 0 Å². The van der Waals surface area contributed by atoms with E-state index in [1.165, 1.54) is 44.9 Å². The van der Waals surface area contributed by atoms with Crippen LogP contribution in [-0.2, 0) is 0 Å². The molecule has 1 N–H and O–H groups in total. The fourth-order valence-electron chi connectivity index (χ4n) is 8.42. The van der Waals surface area contributed by atoms with Gasteiger partial charge in [-0.25, -0.2) is 0 Å². The number of fused-ring (bicyclic) bond motifs is 5. The Hall–Kier alpha value is -0.820. The van der Waals surface area contributed by atoms with Crippen LogP contribution in [0.1, 0.15) is 99.3 Å². The van der Waals surface area contributed by atoms with Crippen molar-refractivity contribution in [2.75, 3.05) is 0 Å². The fourth-order valence-corrected chi connectivity index (χ4v) is 8.42. The van der Waals surface area contributed by atoms with Crippen molar-refractivity contribution >= 4 is 0 Å². The van der Waals surface area contributed by atoms with E-state index in [9.17, 15) is 5.11 Å². The Labute approximate surface area is 179 Å². The van der Waals surface area contributed by atoms with Crippen molar-refractivity contribution in [3.8, 4) is 0 Å². The molecule has 0 heterocycles. The van der Waals surface area contributed by atoms with Crippen LogP contribution in [0, 0.1) is 34.5 Å². The highest BCUT2D eigenvalue weighted by molar-refractivity contribution is 5.34. The zero-order valence-corrected chi connectivity index (χ0v) is 19.9. The third-order valence-electron chi connectivity index (χ3n) is 9.98. The molecule has 0 amide bonds. The van der Waals surface area contributed by atoms with Gasteiger partial charge in [-0.2, -0.15) is 0 Å². The van der Waals surface area contributed by atoms with Crippen LogP contribution in [0.2, 0.25) is 0 Å². The summed E-state index contributed by atoms with van der Waals surface area (Å²) in [7, 11) is 0. The second kappa shape index (κ2) is 7.70. The van der Waals surface area contributed by atoms with Crippen LogP contribution in [0.15, 0.2) is 34.4 Å². The molecule has 0 aliphatic heterocycles. The quantitative estimate of drug-likeness (QED) is 0.486. The Bertz CT molecular complexity index is 735. The maximum atomic E-state index is 10.2. The molecule has 0 radical (unpaired) electrons. The smallest absolute Gasteiger partial charge is 0.0577 e. The first-order chi connectivity index (χ1) is 13.7. The minimum Gasteiger partial charge on any atom is -0.393 e. The summed E-state index contributed by atoms with van der Waals surface area (Å²) in [6.45, 7) is 14.7. The average Bonchev–Trinajstić information content (AvgIpc) is 2.67. The molecule has 0 aromatic carbocycles. The fraction of sp³-hybridized carbons (Fsp3) is 0.786. The van der Waals surface area contributed by atoms with Crippen molar-refractivity contribution in [2.45, 2.75) is 105 Å². The number of aliphatic hydroxyl groups is 1. The van der Waals surface area contributed by atoms with E-state index in [0.717, 1.165) is 30.6 Å². The summed E-state index contributed by atoms with van der Waals surface area (Å²) in [5.41, 5.74) is 7.37. The Morgan fingerprint density at radius 3 is 2.52 bits per heavy atom. The van der Waals surface area contributed by atoms with Gasteiger partial charge in [0, 0.05) is 0 Å². The minimum absolute atomic E-state index is 0.101. The van der Waals surface area contributed by atoms with Gasteiger partial charge in [0.05, 0.1) is 6.10 Å². The van der Waals surface area contributed by atoms with E-state index in [4.69, 9.17) is 0 Å². The van der Waals surface area contributed by atoms with E-state index < -0.39 is 0 Å². The Morgan fingerprint density at radius 1 is 1.10 bits per heavy atom. The maximum absolute atomic E-state index is 10.2. The summed E-state index contributed by atoms with van der Waals surface area (Å²) < 4.78 is 0. The van der Waals surface area contributed by atoms with E-state index in [1.54, 1.807) is 16.7 Å². The van der Waals surface area contributed by atoms with E-state index in [1.807, 2.05) is 5.57 Å². The summed E-state index contributed by atoms with van der Waals surface area (Å²) in [5.74, 6) is 3.02. The molecule has 7 unspecified atom stereocenters. The Morgan fingerprint density at radius 2 is 1.83 bits per heavy atom.